The quantitative estimate of drug-likeness (QED) is 0.487. The summed E-state index contributed by atoms with van der Waals surface area (Å²) in [6, 6.07) is 5.65. The van der Waals surface area contributed by atoms with Crippen LogP contribution >= 0.6 is 10.2 Å². The molecule has 3 aromatic rings. The Kier molecular flexibility index (Phi) is 3.85. The van der Waals surface area contributed by atoms with E-state index in [9.17, 15) is 24.2 Å². The Bertz CT molecular complexity index is 1050. The molecule has 0 spiro atoms. The van der Waals surface area contributed by atoms with Gasteiger partial charge in [-0.05, 0) is 42.5 Å². The second-order valence-corrected chi connectivity index (χ2v) is 8.02. The maximum Gasteiger partial charge on any atom is 0.310 e. The minimum atomic E-state index is -9.74. The third kappa shape index (κ3) is 3.92. The van der Waals surface area contributed by atoms with E-state index in [4.69, 9.17) is 0 Å². The number of carbonyl (C=O) groups is 1. The molecular weight excluding hydrogens is 391 g/mol. The van der Waals surface area contributed by atoms with Gasteiger partial charge >= 0.3 is 10.2 Å². The lowest BCUT2D eigenvalue weighted by Crippen LogP contribution is -2.20. The zero-order valence-electron chi connectivity index (χ0n) is 13.6. The van der Waals surface area contributed by atoms with Crippen LogP contribution in [0.4, 0.5) is 19.4 Å². The van der Waals surface area contributed by atoms with Crippen molar-refractivity contribution in [1.29, 1.82) is 0 Å². The number of aromatic nitrogens is 3. The number of pyridine rings is 1. The SMILES string of the molecule is C=CC(=O)NCc1nn(-c2ccc(S(F)(F)(F)(F)F)cc2)c2cccnc12. The largest absolute Gasteiger partial charge is 0.347 e. The van der Waals surface area contributed by atoms with E-state index in [1.165, 1.54) is 10.9 Å². The third-order valence-corrected chi connectivity index (χ3v) is 4.81. The van der Waals surface area contributed by atoms with Gasteiger partial charge < -0.3 is 5.32 Å². The predicted molar refractivity (Wildman–Crippen MR) is 92.3 cm³/mol. The Morgan fingerprint density at radius 3 is 2.41 bits per heavy atom. The van der Waals surface area contributed by atoms with Crippen molar-refractivity contribution in [2.24, 2.45) is 0 Å². The Morgan fingerprint density at radius 2 is 1.81 bits per heavy atom. The molecule has 1 N–H and O–H groups in total. The fraction of sp³-hybridized carbons (Fsp3) is 0.0625. The first-order chi connectivity index (χ1) is 12.4. The summed E-state index contributed by atoms with van der Waals surface area (Å²) >= 11 is 0. The van der Waals surface area contributed by atoms with Crippen LogP contribution in [0.15, 0.2) is 60.1 Å². The van der Waals surface area contributed by atoms with Gasteiger partial charge in [-0.2, -0.15) is 5.10 Å². The molecule has 0 unspecified atom stereocenters. The molecule has 0 bridgehead atoms. The molecule has 1 amide bonds. The first-order valence-corrected chi connectivity index (χ1v) is 9.41. The van der Waals surface area contributed by atoms with E-state index in [0.717, 1.165) is 18.2 Å². The van der Waals surface area contributed by atoms with Gasteiger partial charge in [0.1, 0.15) is 16.1 Å². The summed E-state index contributed by atoms with van der Waals surface area (Å²) in [6.45, 7) is 3.33. The lowest BCUT2D eigenvalue weighted by Gasteiger charge is -2.40. The van der Waals surface area contributed by atoms with Crippen LogP contribution in [0, 0.1) is 0 Å². The number of rotatable bonds is 5. The summed E-state index contributed by atoms with van der Waals surface area (Å²) in [4.78, 5) is 13.5. The number of hydrogen-bond acceptors (Lipinski definition) is 3. The summed E-state index contributed by atoms with van der Waals surface area (Å²) < 4.78 is 65.6. The fourth-order valence-corrected chi connectivity index (χ4v) is 3.07. The average molecular weight is 404 g/mol. The molecule has 0 radical (unpaired) electrons. The summed E-state index contributed by atoms with van der Waals surface area (Å²) in [5.41, 5.74) is 1.36. The van der Waals surface area contributed by atoms with Gasteiger partial charge in [-0.3, -0.25) is 9.78 Å². The first-order valence-electron chi connectivity index (χ1n) is 7.46. The molecule has 0 aliphatic heterocycles. The Balaban J connectivity index is 2.05. The zero-order chi connectivity index (χ0) is 19.9. The van der Waals surface area contributed by atoms with Gasteiger partial charge in [0.2, 0.25) is 5.91 Å². The van der Waals surface area contributed by atoms with Gasteiger partial charge in [-0.15, -0.1) is 0 Å². The maximum atomic E-state index is 12.9. The van der Waals surface area contributed by atoms with Gasteiger partial charge in [0.05, 0.1) is 17.7 Å². The number of halogens is 5. The second-order valence-electron chi connectivity index (χ2n) is 5.61. The van der Waals surface area contributed by atoms with Crippen LogP contribution in [-0.2, 0) is 11.3 Å². The zero-order valence-corrected chi connectivity index (χ0v) is 14.4. The minimum absolute atomic E-state index is 0.00884. The molecular formula is C16H13F5N4OS. The summed E-state index contributed by atoms with van der Waals surface area (Å²) in [5.74, 6) is -0.436. The van der Waals surface area contributed by atoms with E-state index in [-0.39, 0.29) is 12.2 Å². The van der Waals surface area contributed by atoms with Crippen molar-refractivity contribution >= 4 is 27.2 Å². The molecule has 27 heavy (non-hydrogen) atoms. The molecule has 0 aliphatic rings. The van der Waals surface area contributed by atoms with Crippen LogP contribution in [0.2, 0.25) is 0 Å². The highest BCUT2D eigenvalue weighted by atomic mass is 32.5. The van der Waals surface area contributed by atoms with Crippen LogP contribution in [-0.4, -0.2) is 20.7 Å². The number of amides is 1. The third-order valence-electron chi connectivity index (χ3n) is 3.65. The fourth-order valence-electron chi connectivity index (χ4n) is 2.42. The average Bonchev–Trinajstić information content (AvgIpc) is 2.97. The lowest BCUT2D eigenvalue weighted by atomic mass is 10.3. The predicted octanol–water partition coefficient (Wildman–Crippen LogP) is 4.88. The van der Waals surface area contributed by atoms with Gasteiger partial charge in [0.25, 0.3) is 0 Å². The second kappa shape index (κ2) is 5.52. The monoisotopic (exact) mass is 404 g/mol. The molecule has 144 valence electrons. The minimum Gasteiger partial charge on any atom is -0.347 e. The number of nitrogens with zero attached hydrogens (tertiary/aromatic N) is 3. The maximum absolute atomic E-state index is 12.9. The summed E-state index contributed by atoms with van der Waals surface area (Å²) in [5, 5.41) is 6.77. The Labute approximate surface area is 150 Å². The molecule has 11 heteroatoms. The molecule has 0 atom stereocenters. The molecule has 0 fully saturated rings. The van der Waals surface area contributed by atoms with Crippen LogP contribution in [0.3, 0.4) is 0 Å². The van der Waals surface area contributed by atoms with Gasteiger partial charge in [-0.25, -0.2) is 4.68 Å². The molecule has 0 aliphatic carbocycles. The van der Waals surface area contributed by atoms with Crippen molar-refractivity contribution in [2.45, 2.75) is 11.4 Å². The summed E-state index contributed by atoms with van der Waals surface area (Å²) in [6.07, 6.45) is 2.57. The number of hydrogen-bond donors (Lipinski definition) is 1. The van der Waals surface area contributed by atoms with E-state index < -0.39 is 21.0 Å². The van der Waals surface area contributed by atoms with Crippen LogP contribution in [0.1, 0.15) is 5.69 Å². The Hall–Kier alpha value is -2.95. The molecule has 5 nitrogen and oxygen atoms in total. The topological polar surface area (TPSA) is 59.8 Å². The van der Waals surface area contributed by atoms with Crippen molar-refractivity contribution < 1.29 is 24.2 Å². The van der Waals surface area contributed by atoms with Crippen molar-refractivity contribution in [2.75, 3.05) is 0 Å². The lowest BCUT2D eigenvalue weighted by molar-refractivity contribution is -0.116. The smallest absolute Gasteiger partial charge is 0.310 e. The molecule has 3 rings (SSSR count). The van der Waals surface area contributed by atoms with E-state index in [1.54, 1.807) is 12.1 Å². The summed E-state index contributed by atoms with van der Waals surface area (Å²) in [7, 11) is -9.74. The van der Waals surface area contributed by atoms with E-state index in [2.05, 4.69) is 22.0 Å². The molecule has 1 aromatic carbocycles. The molecule has 2 heterocycles. The van der Waals surface area contributed by atoms with Crippen molar-refractivity contribution in [3.8, 4) is 5.69 Å². The standard InChI is InChI=1S/C16H13F5N4OS/c1-2-15(26)23-10-13-16-14(4-3-9-22-16)25(24-13)11-5-7-12(8-6-11)27(17,18,19,20)21/h2-9H,1,10H2,(H,23,26). The van der Waals surface area contributed by atoms with E-state index in [0.29, 0.717) is 28.9 Å². The molecule has 0 saturated carbocycles. The first kappa shape index (κ1) is 18.8. The van der Waals surface area contributed by atoms with E-state index >= 15 is 0 Å². The van der Waals surface area contributed by atoms with Gasteiger partial charge in [0.15, 0.2) is 0 Å². The normalized spacial score (nSPS) is 14.4. The van der Waals surface area contributed by atoms with Crippen LogP contribution in [0.25, 0.3) is 16.7 Å². The van der Waals surface area contributed by atoms with Crippen LogP contribution in [0.5, 0.6) is 0 Å². The van der Waals surface area contributed by atoms with Crippen molar-refractivity contribution in [3.05, 3.63) is 60.9 Å². The number of nitrogens with one attached hydrogen (secondary N) is 1. The highest BCUT2D eigenvalue weighted by Crippen LogP contribution is 3.02. The van der Waals surface area contributed by atoms with Crippen LogP contribution < -0.4 is 5.32 Å². The van der Waals surface area contributed by atoms with Crippen molar-refractivity contribution in [1.82, 2.24) is 20.1 Å². The number of carbonyl (C=O) groups excluding carboxylic acids is 1. The van der Waals surface area contributed by atoms with Gasteiger partial charge in [0, 0.05) is 6.20 Å². The molecule has 0 saturated heterocycles. The van der Waals surface area contributed by atoms with Gasteiger partial charge in [-0.1, -0.05) is 26.0 Å². The molecule has 2 aromatic heterocycles. The highest BCUT2D eigenvalue weighted by molar-refractivity contribution is 8.45. The van der Waals surface area contributed by atoms with Crippen molar-refractivity contribution in [3.63, 3.8) is 0 Å². The Morgan fingerprint density at radius 1 is 1.15 bits per heavy atom. The van der Waals surface area contributed by atoms with E-state index in [1.807, 2.05) is 0 Å². The highest BCUT2D eigenvalue weighted by Gasteiger charge is 2.65. The number of fused-ring (bicyclic) bond motifs is 1. The number of benzene rings is 1.